The number of nitrogens with two attached hydrogens (primary N) is 5. The summed E-state index contributed by atoms with van der Waals surface area (Å²) in [6, 6.07) is 3.94. The van der Waals surface area contributed by atoms with Crippen molar-refractivity contribution in [2.24, 2.45) is 44.6 Å². The van der Waals surface area contributed by atoms with Crippen LogP contribution in [0.25, 0.3) is 10.9 Å². The van der Waals surface area contributed by atoms with E-state index >= 15 is 0 Å². The third-order valence-electron chi connectivity index (χ3n) is 22.6. The Labute approximate surface area is 743 Å². The summed E-state index contributed by atoms with van der Waals surface area (Å²) in [6.45, 7) is 5.30. The van der Waals surface area contributed by atoms with Crippen LogP contribution in [0.3, 0.4) is 0 Å². The van der Waals surface area contributed by atoms with Crippen molar-refractivity contribution in [1.29, 1.82) is 0 Å². The number of hydrogen-bond donors (Lipinski definition) is 24. The monoisotopic (exact) mass is 1790 g/mol. The van der Waals surface area contributed by atoms with Crippen molar-refractivity contribution in [2.75, 3.05) is 46.4 Å². The zero-order valence-electron chi connectivity index (χ0n) is 74.2. The van der Waals surface area contributed by atoms with Crippen LogP contribution in [0.15, 0.2) is 70.8 Å². The highest BCUT2D eigenvalue weighted by molar-refractivity contribution is 5.98. The number of carbonyl (C=O) groups is 13. The summed E-state index contributed by atoms with van der Waals surface area (Å²) in [5.41, 5.74) is 30.0. The van der Waals surface area contributed by atoms with Crippen molar-refractivity contribution in [3.05, 3.63) is 71.9 Å². The number of aliphatic imine (C=N–C) groups is 2. The summed E-state index contributed by atoms with van der Waals surface area (Å²) in [5, 5.41) is 89.5. The van der Waals surface area contributed by atoms with E-state index < -0.39 is 169 Å². The van der Waals surface area contributed by atoms with Gasteiger partial charge in [-0.05, 0) is 87.8 Å². The van der Waals surface area contributed by atoms with Crippen molar-refractivity contribution in [3.63, 3.8) is 0 Å². The van der Waals surface area contributed by atoms with E-state index in [9.17, 15) is 87.9 Å². The van der Waals surface area contributed by atoms with E-state index in [0.29, 0.717) is 49.8 Å². The molecule has 0 spiro atoms. The number of amides is 13. The van der Waals surface area contributed by atoms with Crippen LogP contribution in [-0.4, -0.2) is 262 Å². The Morgan fingerprint density at radius 1 is 0.630 bits per heavy atom. The Kier molecular flexibility index (Phi) is 50.2. The number of aromatic nitrogens is 1. The van der Waals surface area contributed by atoms with Crippen molar-refractivity contribution in [2.45, 2.75) is 317 Å². The lowest BCUT2D eigenvalue weighted by Crippen LogP contribution is -2.61. The first-order valence-corrected chi connectivity index (χ1v) is 45.1. The predicted octanol–water partition coefficient (Wildman–Crippen LogP) is -1.66. The zero-order valence-corrected chi connectivity index (χ0v) is 74.2. The number of H-pyrrole nitrogens is 1. The average molecular weight is 1790 g/mol. The average Bonchev–Trinajstić information content (AvgIpc) is 1.69. The number of benzene rings is 2. The molecular weight excluding hydrogens is 1640 g/mol. The smallest absolute Gasteiger partial charge is 0.245 e. The topological polar surface area (TPSA) is 653 Å². The number of rotatable bonds is 49. The van der Waals surface area contributed by atoms with Gasteiger partial charge >= 0.3 is 0 Å². The number of carbonyl (C=O) groups excluding carboxylic acids is 13. The van der Waals surface area contributed by atoms with Gasteiger partial charge in [0.05, 0.1) is 44.2 Å². The zero-order chi connectivity index (χ0) is 93.2. The lowest BCUT2D eigenvalue weighted by Gasteiger charge is -2.31. The number of primary amides is 2. The lowest BCUT2D eigenvalue weighted by atomic mass is 10.0. The summed E-state index contributed by atoms with van der Waals surface area (Å²) in [6.07, 6.45) is 15.7. The van der Waals surface area contributed by atoms with E-state index in [2.05, 4.69) is 91.0 Å². The van der Waals surface area contributed by atoms with Crippen LogP contribution in [-0.2, 0) is 75.2 Å². The number of para-hydroxylation sites is 1. The molecule has 40 nitrogen and oxygen atoms in total. The molecule has 2 aromatic carbocycles. The highest BCUT2D eigenvalue weighted by atomic mass is 16.3. The van der Waals surface area contributed by atoms with Crippen molar-refractivity contribution in [3.8, 4) is 0 Å². The highest BCUT2D eigenvalue weighted by Crippen LogP contribution is 2.25. The summed E-state index contributed by atoms with van der Waals surface area (Å²) < 4.78 is 0. The van der Waals surface area contributed by atoms with E-state index in [1.165, 1.54) is 76.1 Å². The maximum atomic E-state index is 14.4. The van der Waals surface area contributed by atoms with E-state index in [0.717, 1.165) is 36.6 Å². The largest absolute Gasteiger partial charge is 0.394 e. The molecule has 3 aliphatic rings. The summed E-state index contributed by atoms with van der Waals surface area (Å²) in [4.78, 5) is 185. The quantitative estimate of drug-likeness (QED) is 0.0130. The number of likely N-dealkylation sites (N-methyl/N-ethyl adjacent to an activating group) is 1. The van der Waals surface area contributed by atoms with Gasteiger partial charge in [-0.3, -0.25) is 82.9 Å². The molecule has 0 bridgehead atoms. The fourth-order valence-corrected chi connectivity index (χ4v) is 15.2. The third kappa shape index (κ3) is 41.0. The molecular formula is C87H144N22O18. The Morgan fingerprint density at radius 2 is 1.22 bits per heavy atom. The van der Waals surface area contributed by atoms with Crippen molar-refractivity contribution in [1.82, 2.24) is 79.0 Å². The molecule has 0 saturated carbocycles. The van der Waals surface area contributed by atoms with Gasteiger partial charge < -0.3 is 123 Å². The molecule has 3 aromatic rings. The molecule has 127 heavy (non-hydrogen) atoms. The van der Waals surface area contributed by atoms with Gasteiger partial charge in [0.2, 0.25) is 76.8 Å². The first kappa shape index (κ1) is 107. The Balaban J connectivity index is 0.000000451. The standard InChI is InChI=1S/C44H83N11O10.C43H61N11O8/c1-4-6-8-9-10-11-12-13-14-15-16-17-18-20-38(59)49-27-39(60)51-32(21-23-36(45)57)41(62)53-33(22-24-37(46)58)42(63)54-34(25-30-26-48-29-50-30)43(64)55-35(28-56)44(65)52-31(19-7-5-2)40(61)47-3;1-25-16-17-36(56)47-18-8-7-14-31(37(44)57)50-40(60)34(21-27-23-49-30-13-6-5-12-29(27)30)52-38(58)32(15-9-19-48-43(45)46)51-39(59)33(20-26-10-3-2-4-11-26)53-41(61)35-22-28(55)24-54(35)42(25)62/h29-35,39,41,51,53,56,60,62H,4-28H2,1-3H3,(H2,45,57)(H2,46,58)(H,47,61)(H,48,50)(H,49,59)(H,52,65)(H,54,63)(H,55,64);2-6,10-13,23,25,28,31-35,37,49,55,57H,7-9,14-22,24,44H2,1H3,(H,47,56)(H,50,60)(H,51,59)(H,52,58)(H,53,61)(H4,45,46,48)/t30-,31-,32-,33-,34-,35-,39+,41-;25-,28+,31-,32-,33+,34-,35-,37-/m00/s1. The minimum Gasteiger partial charge on any atom is -0.394 e. The predicted molar refractivity (Wildman–Crippen MR) is 479 cm³/mol. The number of aromatic amines is 1. The molecule has 4 heterocycles. The van der Waals surface area contributed by atoms with Gasteiger partial charge in [-0.25, -0.2) is 0 Å². The third-order valence-corrected chi connectivity index (χ3v) is 22.6. The molecule has 13 amide bonds. The van der Waals surface area contributed by atoms with Crippen molar-refractivity contribution < 1.29 is 87.9 Å². The Hall–Kier alpha value is -10.5. The second-order valence-electron chi connectivity index (χ2n) is 33.1. The van der Waals surface area contributed by atoms with Crippen LogP contribution in [0.2, 0.25) is 0 Å². The van der Waals surface area contributed by atoms with Crippen LogP contribution in [0.1, 0.15) is 225 Å². The minimum atomic E-state index is -1.66. The van der Waals surface area contributed by atoms with Gasteiger partial charge in [-0.2, -0.15) is 0 Å². The van der Waals surface area contributed by atoms with E-state index in [1.807, 2.05) is 31.2 Å². The number of aliphatic hydroxyl groups excluding tert-OH is 5. The van der Waals surface area contributed by atoms with E-state index in [4.69, 9.17) is 28.7 Å². The van der Waals surface area contributed by atoms with Gasteiger partial charge in [0.1, 0.15) is 61.0 Å². The molecule has 2 saturated heterocycles. The number of nitrogens with zero attached hydrogens (tertiary/aromatic N) is 3. The van der Waals surface area contributed by atoms with E-state index in [1.54, 1.807) is 43.5 Å². The minimum absolute atomic E-state index is 0.00385. The maximum absolute atomic E-state index is 14.4. The van der Waals surface area contributed by atoms with Gasteiger partial charge in [-0.15, -0.1) is 0 Å². The molecule has 1 aromatic heterocycles. The second kappa shape index (κ2) is 59.5. The molecule has 2 fully saturated rings. The second-order valence-corrected chi connectivity index (χ2v) is 33.1. The number of hydrogen-bond acceptors (Lipinski definition) is 24. The fraction of sp³-hybridized carbons (Fsp3) is 0.667. The SMILES string of the molecule is CCCCCCCCCCCCCCCC(=O)NC[C@@H](O)N[C@@H](CCC(N)=O)[C@H](O)N[C@@H](CCC(N)=O)C(=O)N[C@@H](C[C@H]1CN=CN1)C(=O)N[C@@H](CO)C(=O)N[C@@H](CCCC)C(=O)NC.C[C@H]1CCC(=O)NCCCC[C@@H]([C@@H](N)O)NC(=O)[C@H](Cc2c[nH]c3ccccc23)NC(=O)[C@H](CCCN=C(N)N)NC(=O)[C@@H](Cc2ccccc2)NC(=O)[C@@H]2C[C@@H](O)CN2C1=O. The normalized spacial score (nSPS) is 21.1. The lowest BCUT2D eigenvalue weighted by molar-refractivity contribution is -0.142. The Morgan fingerprint density at radius 3 is 1.86 bits per heavy atom. The molecule has 40 heteroatoms. The molecule has 29 N–H and O–H groups in total. The van der Waals surface area contributed by atoms with Crippen LogP contribution >= 0.6 is 0 Å². The van der Waals surface area contributed by atoms with Gasteiger partial charge in [0, 0.05) is 107 Å². The van der Waals surface area contributed by atoms with Crippen LogP contribution < -0.4 is 97.8 Å². The molecule has 6 rings (SSSR count). The van der Waals surface area contributed by atoms with E-state index in [-0.39, 0.29) is 134 Å². The fourth-order valence-electron chi connectivity index (χ4n) is 15.2. The number of nitrogens with one attached hydrogen (secondary N) is 14. The molecule has 0 radical (unpaired) electrons. The molecule has 3 aliphatic heterocycles. The van der Waals surface area contributed by atoms with Crippen LogP contribution in [0.5, 0.6) is 0 Å². The van der Waals surface area contributed by atoms with Crippen LogP contribution in [0, 0.1) is 5.92 Å². The van der Waals surface area contributed by atoms with Gasteiger partial charge in [-0.1, -0.05) is 159 Å². The molecule has 16 atom stereocenters. The summed E-state index contributed by atoms with van der Waals surface area (Å²) in [7, 11) is 1.42. The first-order chi connectivity index (χ1) is 60.8. The number of unbranched alkanes of at least 4 members (excludes halogenated alkanes) is 13. The highest BCUT2D eigenvalue weighted by Gasteiger charge is 2.43. The molecule has 710 valence electrons. The van der Waals surface area contributed by atoms with Crippen molar-refractivity contribution >= 4 is 100.0 Å². The maximum Gasteiger partial charge on any atom is 0.245 e. The van der Waals surface area contributed by atoms with Gasteiger partial charge in [0.25, 0.3) is 0 Å². The van der Waals surface area contributed by atoms with Gasteiger partial charge in [0.15, 0.2) is 5.96 Å². The van der Waals surface area contributed by atoms with Crippen LogP contribution in [0.4, 0.5) is 0 Å². The Bertz CT molecular complexity index is 3960. The number of aliphatic hydroxyl groups is 5. The number of guanidine groups is 1. The molecule has 0 aliphatic carbocycles. The first-order valence-electron chi connectivity index (χ1n) is 45.1. The number of fused-ring (bicyclic) bond motifs is 2. The summed E-state index contributed by atoms with van der Waals surface area (Å²) in [5.74, 6) is -8.98. The molecule has 0 unspecified atom stereocenters. The summed E-state index contributed by atoms with van der Waals surface area (Å²) >= 11 is 0.